The molecule has 1 aliphatic rings. The lowest BCUT2D eigenvalue weighted by molar-refractivity contribution is -0.137. The lowest BCUT2D eigenvalue weighted by atomic mass is 9.95. The summed E-state index contributed by atoms with van der Waals surface area (Å²) < 4.78 is 4.61. The van der Waals surface area contributed by atoms with E-state index in [9.17, 15) is 19.8 Å². The molecule has 2 N–H and O–H groups in total. The summed E-state index contributed by atoms with van der Waals surface area (Å²) in [5.74, 6) is 1.80. The molecule has 0 radical (unpaired) electrons. The minimum absolute atomic E-state index is 0.0262. The summed E-state index contributed by atoms with van der Waals surface area (Å²) in [7, 11) is 1.38. The van der Waals surface area contributed by atoms with E-state index in [0.29, 0.717) is 18.6 Å². The van der Waals surface area contributed by atoms with Gasteiger partial charge in [0, 0.05) is 25.4 Å². The lowest BCUT2D eigenvalue weighted by Crippen LogP contribution is -2.21. The van der Waals surface area contributed by atoms with E-state index in [2.05, 4.69) is 4.74 Å². The number of carbonyl (C=O) groups excluding carboxylic acids is 2. The van der Waals surface area contributed by atoms with Gasteiger partial charge in [0.1, 0.15) is 5.78 Å². The van der Waals surface area contributed by atoms with Gasteiger partial charge in [0.05, 0.1) is 24.2 Å². The zero-order chi connectivity index (χ0) is 21.1. The number of allylic oxidation sites excluding steroid dienone is 1. The molecule has 7 heteroatoms. The normalized spacial score (nSPS) is 22.9. The van der Waals surface area contributed by atoms with Gasteiger partial charge in [0.15, 0.2) is 0 Å². The third-order valence-electron chi connectivity index (χ3n) is 4.93. The molecular formula is C22H30O5S2. The van der Waals surface area contributed by atoms with Crippen molar-refractivity contribution in [3.63, 3.8) is 0 Å². The summed E-state index contributed by atoms with van der Waals surface area (Å²) in [6.07, 6.45) is 4.87. The van der Waals surface area contributed by atoms with Crippen LogP contribution in [0.25, 0.3) is 0 Å². The third kappa shape index (κ3) is 8.16. The molecule has 0 spiro atoms. The van der Waals surface area contributed by atoms with Gasteiger partial charge in [-0.1, -0.05) is 42.5 Å². The molecule has 0 bridgehead atoms. The molecule has 0 heterocycles. The Morgan fingerprint density at radius 3 is 2.76 bits per heavy atom. The maximum atomic E-state index is 12.4. The molecule has 0 amide bonds. The van der Waals surface area contributed by atoms with Crippen LogP contribution in [0.3, 0.4) is 0 Å². The van der Waals surface area contributed by atoms with Crippen molar-refractivity contribution in [2.75, 3.05) is 31.0 Å². The number of carbonyl (C=O) groups is 2. The predicted octanol–water partition coefficient (Wildman–Crippen LogP) is 2.74. The highest BCUT2D eigenvalue weighted by molar-refractivity contribution is 8.01. The van der Waals surface area contributed by atoms with Crippen LogP contribution in [0.5, 0.6) is 0 Å². The number of esters is 1. The molecule has 1 aromatic carbocycles. The second kappa shape index (κ2) is 13.1. The quantitative estimate of drug-likeness (QED) is 0.295. The Kier molecular flexibility index (Phi) is 10.8. The Morgan fingerprint density at radius 2 is 2.07 bits per heavy atom. The monoisotopic (exact) mass is 438 g/mol. The Balaban J connectivity index is 1.84. The highest BCUT2D eigenvalue weighted by Crippen LogP contribution is 2.38. The van der Waals surface area contributed by atoms with Crippen molar-refractivity contribution in [3.8, 4) is 0 Å². The van der Waals surface area contributed by atoms with E-state index in [4.69, 9.17) is 0 Å². The van der Waals surface area contributed by atoms with Gasteiger partial charge < -0.3 is 14.9 Å². The fraction of sp³-hybridized carbons (Fsp3) is 0.545. The van der Waals surface area contributed by atoms with E-state index < -0.39 is 6.10 Å². The number of methoxy groups -OCH3 is 1. The maximum absolute atomic E-state index is 12.4. The Morgan fingerprint density at radius 1 is 1.31 bits per heavy atom. The van der Waals surface area contributed by atoms with Crippen LogP contribution in [0.1, 0.15) is 18.4 Å². The van der Waals surface area contributed by atoms with E-state index >= 15 is 0 Å². The molecule has 2 rings (SSSR count). The standard InChI is InChI=1S/C22H30O5S2/c1-27-21(26)15-28-10-5-11-29-22-19(17(14-23)13-20(22)25)9-8-18(24)12-16-6-3-2-4-7-16/h2-4,6-9,17-19,22-24H,5,10-15H2,1H3/t17-,18+,19-,22+/m0/s1. The molecule has 160 valence electrons. The molecule has 1 aromatic rings. The smallest absolute Gasteiger partial charge is 0.315 e. The van der Waals surface area contributed by atoms with Crippen molar-refractivity contribution < 1.29 is 24.5 Å². The number of hydrogen-bond donors (Lipinski definition) is 2. The number of hydrogen-bond acceptors (Lipinski definition) is 7. The minimum Gasteiger partial charge on any atom is -0.468 e. The highest BCUT2D eigenvalue weighted by atomic mass is 32.2. The van der Waals surface area contributed by atoms with Crippen LogP contribution in [0, 0.1) is 11.8 Å². The number of ether oxygens (including phenoxy) is 1. The first-order valence-electron chi connectivity index (χ1n) is 9.85. The van der Waals surface area contributed by atoms with Crippen LogP contribution in [-0.2, 0) is 20.7 Å². The van der Waals surface area contributed by atoms with Crippen LogP contribution in [0.15, 0.2) is 42.5 Å². The fourth-order valence-electron chi connectivity index (χ4n) is 3.39. The predicted molar refractivity (Wildman–Crippen MR) is 119 cm³/mol. The van der Waals surface area contributed by atoms with Crippen LogP contribution in [0.2, 0.25) is 0 Å². The topological polar surface area (TPSA) is 83.8 Å². The average Bonchev–Trinajstić information content (AvgIpc) is 3.04. The van der Waals surface area contributed by atoms with E-state index in [0.717, 1.165) is 23.5 Å². The summed E-state index contributed by atoms with van der Waals surface area (Å²) in [6.45, 7) is -0.0262. The number of thioether (sulfide) groups is 2. The van der Waals surface area contributed by atoms with Gasteiger partial charge in [0.2, 0.25) is 0 Å². The molecule has 1 fully saturated rings. The first kappa shape index (κ1) is 24.0. The van der Waals surface area contributed by atoms with Crippen molar-refractivity contribution in [1.82, 2.24) is 0 Å². The average molecular weight is 439 g/mol. The second-order valence-electron chi connectivity index (χ2n) is 7.11. The SMILES string of the molecule is COC(=O)CSCCCS[C@H]1C(=O)C[C@@H](CO)[C@@H]1C=C[C@@H](O)Cc1ccccc1. The first-order valence-corrected chi connectivity index (χ1v) is 12.1. The van der Waals surface area contributed by atoms with E-state index in [1.807, 2.05) is 36.4 Å². The van der Waals surface area contributed by atoms with Crippen molar-refractivity contribution >= 4 is 35.3 Å². The number of ketones is 1. The largest absolute Gasteiger partial charge is 0.468 e. The van der Waals surface area contributed by atoms with Crippen molar-refractivity contribution in [3.05, 3.63) is 48.0 Å². The number of rotatable bonds is 12. The number of aliphatic hydroxyl groups is 2. The second-order valence-corrected chi connectivity index (χ2v) is 9.46. The van der Waals surface area contributed by atoms with Gasteiger partial charge in [-0.3, -0.25) is 9.59 Å². The van der Waals surface area contributed by atoms with Crippen LogP contribution in [-0.4, -0.2) is 64.3 Å². The molecule has 4 atom stereocenters. The number of aliphatic hydroxyl groups excluding tert-OH is 2. The van der Waals surface area contributed by atoms with Gasteiger partial charge in [-0.15, -0.1) is 11.8 Å². The lowest BCUT2D eigenvalue weighted by Gasteiger charge is -2.19. The van der Waals surface area contributed by atoms with Crippen LogP contribution < -0.4 is 0 Å². The molecule has 29 heavy (non-hydrogen) atoms. The van der Waals surface area contributed by atoms with Gasteiger partial charge in [-0.25, -0.2) is 0 Å². The molecule has 5 nitrogen and oxygen atoms in total. The molecule has 1 saturated carbocycles. The van der Waals surface area contributed by atoms with Crippen molar-refractivity contribution in [1.29, 1.82) is 0 Å². The van der Waals surface area contributed by atoms with Gasteiger partial charge in [0.25, 0.3) is 0 Å². The third-order valence-corrected chi connectivity index (χ3v) is 7.41. The minimum atomic E-state index is -0.618. The molecule has 0 aromatic heterocycles. The summed E-state index contributed by atoms with van der Waals surface area (Å²) in [4.78, 5) is 23.5. The summed E-state index contributed by atoms with van der Waals surface area (Å²) in [5.41, 5.74) is 1.06. The van der Waals surface area contributed by atoms with Crippen molar-refractivity contribution in [2.24, 2.45) is 11.8 Å². The zero-order valence-corrected chi connectivity index (χ0v) is 18.4. The van der Waals surface area contributed by atoms with Gasteiger partial charge in [-0.05, 0) is 29.4 Å². The van der Waals surface area contributed by atoms with E-state index in [1.165, 1.54) is 18.9 Å². The van der Waals surface area contributed by atoms with Crippen LogP contribution in [0.4, 0.5) is 0 Å². The van der Waals surface area contributed by atoms with Gasteiger partial charge >= 0.3 is 5.97 Å². The van der Waals surface area contributed by atoms with Gasteiger partial charge in [-0.2, -0.15) is 11.8 Å². The first-order chi connectivity index (χ1) is 14.0. The highest BCUT2D eigenvalue weighted by Gasteiger charge is 2.40. The molecule has 0 unspecified atom stereocenters. The Hall–Kier alpha value is -1.28. The molecule has 1 aliphatic carbocycles. The Bertz CT molecular complexity index is 664. The summed E-state index contributed by atoms with van der Waals surface area (Å²) >= 11 is 3.15. The molecule has 0 aliphatic heterocycles. The maximum Gasteiger partial charge on any atom is 0.315 e. The summed E-state index contributed by atoms with van der Waals surface area (Å²) in [6, 6.07) is 9.78. The number of benzene rings is 1. The van der Waals surface area contributed by atoms with E-state index in [1.54, 1.807) is 17.8 Å². The summed E-state index contributed by atoms with van der Waals surface area (Å²) in [5, 5.41) is 19.8. The number of Topliss-reactive ketones (excluding diaryl/α,β-unsaturated/α-hetero) is 1. The molecular weight excluding hydrogens is 408 g/mol. The van der Waals surface area contributed by atoms with Crippen LogP contribution >= 0.6 is 23.5 Å². The fourth-order valence-corrected chi connectivity index (χ4v) is 5.73. The van der Waals surface area contributed by atoms with E-state index in [-0.39, 0.29) is 35.4 Å². The Labute approximate surface area is 181 Å². The zero-order valence-electron chi connectivity index (χ0n) is 16.7. The molecule has 0 saturated heterocycles. The van der Waals surface area contributed by atoms with Crippen molar-refractivity contribution in [2.45, 2.75) is 30.6 Å².